The number of carbonyl (C=O) groups excluding carboxylic acids is 1. The molecule has 0 aliphatic heterocycles. The first-order valence-corrected chi connectivity index (χ1v) is 9.81. The minimum Gasteiger partial charge on any atom is -0.370 e. The van der Waals surface area contributed by atoms with Gasteiger partial charge in [-0.25, -0.2) is 4.98 Å². The number of nitro groups is 1. The fraction of sp³-hybridized carbons (Fsp3) is 0.316. The van der Waals surface area contributed by atoms with Gasteiger partial charge in [0.2, 0.25) is 5.91 Å². The molecule has 1 aromatic carbocycles. The Labute approximate surface area is 163 Å². The summed E-state index contributed by atoms with van der Waals surface area (Å²) in [6.45, 7) is 0.171. The van der Waals surface area contributed by atoms with Crippen LogP contribution in [0.3, 0.4) is 0 Å². The van der Waals surface area contributed by atoms with E-state index in [4.69, 9.17) is 10.7 Å². The van der Waals surface area contributed by atoms with E-state index in [2.05, 4.69) is 0 Å². The topological polar surface area (TPSA) is 121 Å². The van der Waals surface area contributed by atoms with Crippen molar-refractivity contribution in [3.8, 4) is 0 Å². The molecular formula is C19H18N4O4S. The number of fused-ring (bicyclic) bond motifs is 3. The Morgan fingerprint density at radius 1 is 1.29 bits per heavy atom. The summed E-state index contributed by atoms with van der Waals surface area (Å²) in [5.74, 6) is 0.0522. The van der Waals surface area contributed by atoms with E-state index in [-0.39, 0.29) is 24.2 Å². The van der Waals surface area contributed by atoms with Gasteiger partial charge in [-0.15, -0.1) is 11.3 Å². The highest BCUT2D eigenvalue weighted by Crippen LogP contribution is 2.35. The van der Waals surface area contributed by atoms with E-state index in [1.807, 2.05) is 0 Å². The molecule has 2 N–H and O–H groups in total. The summed E-state index contributed by atoms with van der Waals surface area (Å²) < 4.78 is 1.53. The van der Waals surface area contributed by atoms with Gasteiger partial charge >= 0.3 is 0 Å². The highest BCUT2D eigenvalue weighted by Gasteiger charge is 2.23. The second kappa shape index (κ2) is 7.16. The van der Waals surface area contributed by atoms with Gasteiger partial charge in [-0.1, -0.05) is 12.1 Å². The maximum atomic E-state index is 13.2. The normalized spacial score (nSPS) is 13.0. The lowest BCUT2D eigenvalue weighted by molar-refractivity contribution is -0.384. The summed E-state index contributed by atoms with van der Waals surface area (Å²) >= 11 is 1.56. The van der Waals surface area contributed by atoms with Gasteiger partial charge < -0.3 is 5.73 Å². The van der Waals surface area contributed by atoms with Crippen LogP contribution in [0.15, 0.2) is 29.1 Å². The molecule has 0 bridgehead atoms. The number of thiophene rings is 1. The molecule has 4 rings (SSSR count). The Morgan fingerprint density at radius 2 is 2.04 bits per heavy atom. The van der Waals surface area contributed by atoms with E-state index >= 15 is 0 Å². The van der Waals surface area contributed by atoms with Gasteiger partial charge in [-0.05, 0) is 30.4 Å². The fourth-order valence-electron chi connectivity index (χ4n) is 3.62. The molecule has 0 atom stereocenters. The van der Waals surface area contributed by atoms with Gasteiger partial charge in [0.25, 0.3) is 11.2 Å². The number of carbonyl (C=O) groups is 1. The largest absolute Gasteiger partial charge is 0.370 e. The van der Waals surface area contributed by atoms with Crippen molar-refractivity contribution in [1.82, 2.24) is 9.55 Å². The highest BCUT2D eigenvalue weighted by atomic mass is 32.1. The monoisotopic (exact) mass is 398 g/mol. The Bertz CT molecular complexity index is 1150. The Balaban J connectivity index is 1.79. The van der Waals surface area contributed by atoms with Crippen molar-refractivity contribution < 1.29 is 9.72 Å². The summed E-state index contributed by atoms with van der Waals surface area (Å²) in [4.78, 5) is 41.5. The van der Waals surface area contributed by atoms with Crippen LogP contribution in [0.1, 0.15) is 34.7 Å². The highest BCUT2D eigenvalue weighted by molar-refractivity contribution is 7.18. The van der Waals surface area contributed by atoms with E-state index in [9.17, 15) is 19.7 Å². The number of nitro benzene ring substituents is 1. The third kappa shape index (κ3) is 3.29. The molecule has 0 unspecified atom stereocenters. The zero-order chi connectivity index (χ0) is 19.8. The van der Waals surface area contributed by atoms with Crippen LogP contribution in [0.4, 0.5) is 5.69 Å². The summed E-state index contributed by atoms with van der Waals surface area (Å²) in [7, 11) is 0. The van der Waals surface area contributed by atoms with Crippen molar-refractivity contribution in [2.24, 2.45) is 5.73 Å². The number of nitrogens with zero attached hydrogens (tertiary/aromatic N) is 3. The van der Waals surface area contributed by atoms with Gasteiger partial charge in [0.05, 0.1) is 10.3 Å². The standard InChI is InChI=1S/C19H18N4O4S/c20-15(24)8-9-22-16(10-11-4-6-12(7-5-11)23(26)27)21-18-17(19(22)25)13-2-1-3-14(13)28-18/h4-7H,1-3,8-10H2,(H2,20,24). The molecule has 1 aliphatic rings. The Hall–Kier alpha value is -3.07. The molecule has 9 heteroatoms. The molecule has 0 radical (unpaired) electrons. The molecule has 1 amide bonds. The van der Waals surface area contributed by atoms with Crippen molar-refractivity contribution in [3.05, 3.63) is 66.6 Å². The number of hydrogen-bond donors (Lipinski definition) is 1. The second-order valence-electron chi connectivity index (χ2n) is 6.84. The maximum Gasteiger partial charge on any atom is 0.269 e. The van der Waals surface area contributed by atoms with Crippen LogP contribution in [0.5, 0.6) is 0 Å². The van der Waals surface area contributed by atoms with Gasteiger partial charge in [0.15, 0.2) is 0 Å². The zero-order valence-electron chi connectivity index (χ0n) is 15.0. The molecule has 28 heavy (non-hydrogen) atoms. The zero-order valence-corrected chi connectivity index (χ0v) is 15.8. The quantitative estimate of drug-likeness (QED) is 0.504. The van der Waals surface area contributed by atoms with E-state index in [1.54, 1.807) is 23.5 Å². The van der Waals surface area contributed by atoms with E-state index in [1.165, 1.54) is 21.6 Å². The number of rotatable bonds is 6. The minimum atomic E-state index is -0.483. The van der Waals surface area contributed by atoms with Crippen molar-refractivity contribution in [2.75, 3.05) is 0 Å². The van der Waals surface area contributed by atoms with Crippen molar-refractivity contribution in [2.45, 2.75) is 38.6 Å². The third-order valence-electron chi connectivity index (χ3n) is 5.00. The van der Waals surface area contributed by atoms with Crippen LogP contribution in [0, 0.1) is 10.1 Å². The number of non-ortho nitro benzene ring substituents is 1. The van der Waals surface area contributed by atoms with Crippen LogP contribution in [0.25, 0.3) is 10.2 Å². The number of primary amides is 1. The molecule has 144 valence electrons. The van der Waals surface area contributed by atoms with Crippen LogP contribution in [-0.2, 0) is 30.6 Å². The second-order valence-corrected chi connectivity index (χ2v) is 7.92. The van der Waals surface area contributed by atoms with Crippen molar-refractivity contribution in [3.63, 3.8) is 0 Å². The van der Waals surface area contributed by atoms with Gasteiger partial charge in [-0.3, -0.25) is 24.3 Å². The number of hydrogen-bond acceptors (Lipinski definition) is 6. The molecular weight excluding hydrogens is 380 g/mol. The molecule has 2 aromatic heterocycles. The van der Waals surface area contributed by atoms with E-state index in [0.717, 1.165) is 35.2 Å². The fourth-order valence-corrected chi connectivity index (χ4v) is 4.90. The summed E-state index contributed by atoms with van der Waals surface area (Å²) in [5, 5.41) is 11.5. The van der Waals surface area contributed by atoms with Crippen molar-refractivity contribution >= 4 is 33.1 Å². The Kier molecular flexibility index (Phi) is 4.68. The molecule has 0 fully saturated rings. The van der Waals surface area contributed by atoms with Crippen LogP contribution < -0.4 is 11.3 Å². The summed E-state index contributed by atoms with van der Waals surface area (Å²) in [5.41, 5.74) is 7.04. The Morgan fingerprint density at radius 3 is 2.71 bits per heavy atom. The summed E-state index contributed by atoms with van der Waals surface area (Å²) in [6, 6.07) is 6.17. The first-order valence-electron chi connectivity index (χ1n) is 8.99. The molecule has 0 saturated heterocycles. The van der Waals surface area contributed by atoms with Crippen LogP contribution in [0.2, 0.25) is 0 Å². The first kappa shape index (κ1) is 18.3. The molecule has 3 aromatic rings. The average molecular weight is 398 g/mol. The lowest BCUT2D eigenvalue weighted by Gasteiger charge is -2.12. The number of aryl methyl sites for hydroxylation is 2. The third-order valence-corrected chi connectivity index (χ3v) is 6.18. The number of amides is 1. The smallest absolute Gasteiger partial charge is 0.269 e. The lowest BCUT2D eigenvalue weighted by atomic mass is 10.1. The van der Waals surface area contributed by atoms with E-state index < -0.39 is 10.8 Å². The molecule has 0 saturated carbocycles. The number of nitrogens with two attached hydrogens (primary N) is 1. The van der Waals surface area contributed by atoms with E-state index in [0.29, 0.717) is 17.6 Å². The molecule has 1 aliphatic carbocycles. The van der Waals surface area contributed by atoms with Crippen LogP contribution >= 0.6 is 11.3 Å². The van der Waals surface area contributed by atoms with Gasteiger partial charge in [0.1, 0.15) is 10.7 Å². The molecule has 8 nitrogen and oxygen atoms in total. The van der Waals surface area contributed by atoms with Gasteiger partial charge in [0, 0.05) is 36.4 Å². The summed E-state index contributed by atoms with van der Waals surface area (Å²) in [6.07, 6.45) is 3.28. The average Bonchev–Trinajstić information content (AvgIpc) is 3.22. The SMILES string of the molecule is NC(=O)CCn1c(Cc2ccc([N+](=O)[O-])cc2)nc2sc3c(c2c1=O)CCC3. The molecule has 2 heterocycles. The molecule has 0 spiro atoms. The lowest BCUT2D eigenvalue weighted by Crippen LogP contribution is -2.28. The number of aromatic nitrogens is 2. The first-order chi connectivity index (χ1) is 13.4. The maximum absolute atomic E-state index is 13.2. The van der Waals surface area contributed by atoms with Crippen molar-refractivity contribution in [1.29, 1.82) is 0 Å². The number of benzene rings is 1. The predicted molar refractivity (Wildman–Crippen MR) is 106 cm³/mol. The van der Waals surface area contributed by atoms with Crippen LogP contribution in [-0.4, -0.2) is 20.4 Å². The predicted octanol–water partition coefficient (Wildman–Crippen LogP) is 2.32. The minimum absolute atomic E-state index is 0.00737. The van der Waals surface area contributed by atoms with Gasteiger partial charge in [-0.2, -0.15) is 0 Å².